The maximum Gasteiger partial charge on any atom is 0.0624 e. The minimum atomic E-state index is 0.255. The molecule has 0 bridgehead atoms. The monoisotopic (exact) mass is 269 g/mol. The van der Waals surface area contributed by atoms with Crippen LogP contribution in [-0.2, 0) is 11.8 Å². The van der Waals surface area contributed by atoms with Gasteiger partial charge in [-0.25, -0.2) is 0 Å². The number of hydrogen-bond donors (Lipinski definition) is 0. The highest BCUT2D eigenvalue weighted by Crippen LogP contribution is 2.38. The Hall–Kier alpha value is -0.560. The summed E-state index contributed by atoms with van der Waals surface area (Å²) in [7, 11) is 0. The van der Waals surface area contributed by atoms with Crippen LogP contribution in [0.3, 0.4) is 0 Å². The molecule has 0 spiro atoms. The molecule has 0 aliphatic heterocycles. The first kappa shape index (κ1) is 17.4. The van der Waals surface area contributed by atoms with E-state index in [1.54, 1.807) is 6.20 Å². The fraction of sp³-hybridized carbons (Fsp3) is 0.688. The number of fused-ring (bicyclic) bond motifs is 1. The molecule has 0 unspecified atom stereocenters. The minimum Gasteiger partial charge on any atom is -0.263 e. The van der Waals surface area contributed by atoms with Crippen molar-refractivity contribution in [3.63, 3.8) is 0 Å². The van der Waals surface area contributed by atoms with E-state index in [0.29, 0.717) is 0 Å². The van der Waals surface area contributed by atoms with Gasteiger partial charge in [0.1, 0.15) is 0 Å². The lowest BCUT2D eigenvalue weighted by molar-refractivity contribution is 0.430. The molecule has 104 valence electrons. The summed E-state index contributed by atoms with van der Waals surface area (Å²) in [6.45, 7) is 12.8. The van der Waals surface area contributed by atoms with Crippen molar-refractivity contribution in [3.8, 4) is 0 Å². The van der Waals surface area contributed by atoms with Crippen molar-refractivity contribution in [2.75, 3.05) is 0 Å². The molecule has 1 aliphatic rings. The lowest BCUT2D eigenvalue weighted by atomic mass is 9.74. The smallest absolute Gasteiger partial charge is 0.0624 e. The predicted octanol–water partition coefficient (Wildman–Crippen LogP) is 5.79. The van der Waals surface area contributed by atoms with Gasteiger partial charge >= 0.3 is 0 Å². The van der Waals surface area contributed by atoms with Gasteiger partial charge in [0.25, 0.3) is 0 Å². The number of pyridine rings is 1. The van der Waals surface area contributed by atoms with Crippen molar-refractivity contribution in [1.29, 1.82) is 0 Å². The summed E-state index contributed by atoms with van der Waals surface area (Å²) in [5, 5.41) is 0.838. The highest BCUT2D eigenvalue weighted by molar-refractivity contribution is 6.31. The summed E-state index contributed by atoms with van der Waals surface area (Å²) in [5.41, 5.74) is 2.91. The fourth-order valence-electron chi connectivity index (χ4n) is 2.14. The Morgan fingerprint density at radius 3 is 2.28 bits per heavy atom. The third-order valence-corrected chi connectivity index (χ3v) is 3.29. The lowest BCUT2D eigenvalue weighted by Gasteiger charge is -2.32. The number of halogens is 1. The molecule has 0 atom stereocenters. The molecule has 0 saturated heterocycles. The Labute approximate surface area is 118 Å². The molecule has 1 aliphatic carbocycles. The maximum absolute atomic E-state index is 6.11. The highest BCUT2D eigenvalue weighted by atomic mass is 35.5. The largest absolute Gasteiger partial charge is 0.263 e. The zero-order valence-electron chi connectivity index (χ0n) is 12.8. The van der Waals surface area contributed by atoms with Gasteiger partial charge in [0.2, 0.25) is 0 Å². The SMILES string of the molecule is CC.CC1(C)CCCc2c(Cl)cncc21.CCC. The van der Waals surface area contributed by atoms with Crippen molar-refractivity contribution < 1.29 is 0 Å². The Morgan fingerprint density at radius 1 is 1.22 bits per heavy atom. The van der Waals surface area contributed by atoms with Crippen LogP contribution in [0.5, 0.6) is 0 Å². The summed E-state index contributed by atoms with van der Waals surface area (Å²) in [6.07, 6.45) is 8.56. The van der Waals surface area contributed by atoms with Gasteiger partial charge in [0.15, 0.2) is 0 Å². The molecule has 1 aromatic heterocycles. The first-order valence-electron chi connectivity index (χ1n) is 7.15. The van der Waals surface area contributed by atoms with Gasteiger partial charge in [-0.1, -0.05) is 59.6 Å². The topological polar surface area (TPSA) is 12.9 Å². The summed E-state index contributed by atoms with van der Waals surface area (Å²) < 4.78 is 0. The molecule has 0 N–H and O–H groups in total. The Bertz CT molecular complexity index is 345. The van der Waals surface area contributed by atoms with Crippen molar-refractivity contribution in [3.05, 3.63) is 28.5 Å². The Morgan fingerprint density at radius 2 is 1.78 bits per heavy atom. The molecule has 2 heteroatoms. The molecular formula is C16H28ClN. The number of rotatable bonds is 0. The molecule has 0 radical (unpaired) electrons. The first-order chi connectivity index (χ1) is 8.53. The average molecular weight is 270 g/mol. The summed E-state index contributed by atoms with van der Waals surface area (Å²) in [4.78, 5) is 4.16. The molecule has 0 fully saturated rings. The second kappa shape index (κ2) is 8.53. The minimum absolute atomic E-state index is 0.255. The summed E-state index contributed by atoms with van der Waals surface area (Å²) in [6, 6.07) is 0. The van der Waals surface area contributed by atoms with Crippen LogP contribution in [0.4, 0.5) is 0 Å². The molecule has 18 heavy (non-hydrogen) atoms. The summed E-state index contributed by atoms with van der Waals surface area (Å²) >= 11 is 6.11. The van der Waals surface area contributed by atoms with Crippen molar-refractivity contribution >= 4 is 11.6 Å². The Balaban J connectivity index is 0.000000509. The van der Waals surface area contributed by atoms with E-state index in [0.717, 1.165) is 11.4 Å². The molecular weight excluding hydrogens is 242 g/mol. The molecule has 0 saturated carbocycles. The molecule has 1 heterocycles. The van der Waals surface area contributed by atoms with Gasteiger partial charge in [-0.15, -0.1) is 0 Å². The fourth-order valence-corrected chi connectivity index (χ4v) is 2.39. The Kier molecular flexibility index (Phi) is 8.26. The van der Waals surface area contributed by atoms with E-state index in [-0.39, 0.29) is 5.41 Å². The van der Waals surface area contributed by atoms with Crippen LogP contribution in [0.2, 0.25) is 5.02 Å². The second-order valence-electron chi connectivity index (χ2n) is 5.09. The van der Waals surface area contributed by atoms with Crippen LogP contribution in [0.1, 0.15) is 71.9 Å². The van der Waals surface area contributed by atoms with Crippen molar-refractivity contribution in [1.82, 2.24) is 4.98 Å². The average Bonchev–Trinajstić information content (AvgIpc) is 2.34. The summed E-state index contributed by atoms with van der Waals surface area (Å²) in [5.74, 6) is 0. The molecule has 0 amide bonds. The third-order valence-electron chi connectivity index (χ3n) is 2.96. The normalized spacial score (nSPS) is 15.5. The van der Waals surface area contributed by atoms with E-state index >= 15 is 0 Å². The molecule has 0 aromatic carbocycles. The highest BCUT2D eigenvalue weighted by Gasteiger charge is 2.28. The second-order valence-corrected chi connectivity index (χ2v) is 5.50. The van der Waals surface area contributed by atoms with Crippen LogP contribution in [0.25, 0.3) is 0 Å². The standard InChI is InChI=1S/C11H14ClN.C3H8.C2H6/c1-11(2)5-3-4-8-9(11)6-13-7-10(8)12;1-3-2;1-2/h6-7H,3-5H2,1-2H3;3H2,1-2H3;1-2H3. The van der Waals surface area contributed by atoms with Crippen LogP contribution in [-0.4, -0.2) is 4.98 Å². The van der Waals surface area contributed by atoms with E-state index in [2.05, 4.69) is 32.7 Å². The van der Waals surface area contributed by atoms with Gasteiger partial charge in [-0.2, -0.15) is 0 Å². The van der Waals surface area contributed by atoms with Crippen LogP contribution >= 0.6 is 11.6 Å². The predicted molar refractivity (Wildman–Crippen MR) is 82.5 cm³/mol. The van der Waals surface area contributed by atoms with Crippen LogP contribution in [0, 0.1) is 0 Å². The van der Waals surface area contributed by atoms with Gasteiger partial charge in [0.05, 0.1) is 5.02 Å². The molecule has 2 rings (SSSR count). The van der Waals surface area contributed by atoms with Gasteiger partial charge in [-0.05, 0) is 35.8 Å². The lowest BCUT2D eigenvalue weighted by Crippen LogP contribution is -2.24. The number of aromatic nitrogens is 1. The first-order valence-corrected chi connectivity index (χ1v) is 7.53. The quantitative estimate of drug-likeness (QED) is 0.581. The van der Waals surface area contributed by atoms with E-state index in [1.807, 2.05) is 20.0 Å². The van der Waals surface area contributed by atoms with Gasteiger partial charge in [0, 0.05) is 12.4 Å². The van der Waals surface area contributed by atoms with Crippen molar-refractivity contribution in [2.45, 2.75) is 72.6 Å². The van der Waals surface area contributed by atoms with E-state index < -0.39 is 0 Å². The van der Waals surface area contributed by atoms with Gasteiger partial charge in [-0.3, -0.25) is 4.98 Å². The molecule has 1 aromatic rings. The van der Waals surface area contributed by atoms with Crippen LogP contribution in [0.15, 0.2) is 12.4 Å². The van der Waals surface area contributed by atoms with Gasteiger partial charge < -0.3 is 0 Å². The van der Waals surface area contributed by atoms with E-state index in [4.69, 9.17) is 11.6 Å². The third kappa shape index (κ3) is 4.61. The number of hydrogen-bond acceptors (Lipinski definition) is 1. The van der Waals surface area contributed by atoms with E-state index in [1.165, 1.54) is 30.4 Å². The maximum atomic E-state index is 6.11. The van der Waals surface area contributed by atoms with Crippen LogP contribution < -0.4 is 0 Å². The zero-order chi connectivity index (χ0) is 14.2. The zero-order valence-corrected chi connectivity index (χ0v) is 13.6. The van der Waals surface area contributed by atoms with E-state index in [9.17, 15) is 0 Å². The molecule has 1 nitrogen and oxygen atoms in total. The number of nitrogens with zero attached hydrogens (tertiary/aromatic N) is 1. The van der Waals surface area contributed by atoms with Crippen molar-refractivity contribution in [2.24, 2.45) is 0 Å².